The van der Waals surface area contributed by atoms with Crippen LogP contribution in [0.25, 0.3) is 0 Å². The number of hydrogen-bond donors (Lipinski definition) is 1. The largest absolute Gasteiger partial charge is 0.496 e. The number of ether oxygens (including phenoxy) is 2. The fourth-order valence-electron chi connectivity index (χ4n) is 2.89. The zero-order valence-electron chi connectivity index (χ0n) is 15.5. The second-order valence-corrected chi connectivity index (χ2v) is 6.67. The van der Waals surface area contributed by atoms with Gasteiger partial charge in [-0.3, -0.25) is 0 Å². The highest BCUT2D eigenvalue weighted by molar-refractivity contribution is 6.31. The van der Waals surface area contributed by atoms with Crippen LogP contribution in [-0.4, -0.2) is 13.7 Å². The lowest BCUT2D eigenvalue weighted by molar-refractivity contribution is 0.306. The molecule has 27 heavy (non-hydrogen) atoms. The molecule has 3 nitrogen and oxygen atoms in total. The van der Waals surface area contributed by atoms with E-state index in [1.165, 1.54) is 11.1 Å². The van der Waals surface area contributed by atoms with Crippen LogP contribution < -0.4 is 14.8 Å². The Morgan fingerprint density at radius 2 is 1.67 bits per heavy atom. The third-order valence-corrected chi connectivity index (χ3v) is 4.71. The quantitative estimate of drug-likeness (QED) is 0.513. The van der Waals surface area contributed by atoms with Crippen molar-refractivity contribution in [1.82, 2.24) is 5.32 Å². The molecule has 140 valence electrons. The van der Waals surface area contributed by atoms with E-state index in [9.17, 15) is 0 Å². The number of halogens is 1. The number of methoxy groups -OCH3 is 1. The number of para-hydroxylation sites is 1. The standard InChI is InChI=1S/C23H24ClNO2/c1-26-23-12-5-3-8-19(23)13-14-25-16-18-7-6-10-21(15-18)27-17-20-9-2-4-11-22(20)24/h2-12,15,25H,13-14,16-17H2,1H3. The number of benzene rings is 3. The summed E-state index contributed by atoms with van der Waals surface area (Å²) in [5.41, 5.74) is 3.38. The van der Waals surface area contributed by atoms with E-state index in [-0.39, 0.29) is 0 Å². The topological polar surface area (TPSA) is 30.5 Å². The zero-order chi connectivity index (χ0) is 18.9. The smallest absolute Gasteiger partial charge is 0.122 e. The summed E-state index contributed by atoms with van der Waals surface area (Å²) in [6, 6.07) is 24.0. The molecule has 0 radical (unpaired) electrons. The lowest BCUT2D eigenvalue weighted by Crippen LogP contribution is -2.17. The lowest BCUT2D eigenvalue weighted by atomic mass is 10.1. The van der Waals surface area contributed by atoms with E-state index in [4.69, 9.17) is 21.1 Å². The maximum absolute atomic E-state index is 6.18. The molecule has 3 rings (SSSR count). The summed E-state index contributed by atoms with van der Waals surface area (Å²) in [5, 5.41) is 4.21. The fraction of sp³-hybridized carbons (Fsp3) is 0.217. The Morgan fingerprint density at radius 3 is 2.48 bits per heavy atom. The van der Waals surface area contributed by atoms with Crippen LogP contribution in [0.5, 0.6) is 11.5 Å². The van der Waals surface area contributed by atoms with Crippen LogP contribution in [-0.2, 0) is 19.6 Å². The first-order valence-corrected chi connectivity index (χ1v) is 9.42. The Kier molecular flexibility index (Phi) is 7.14. The lowest BCUT2D eigenvalue weighted by Gasteiger charge is -2.11. The molecule has 0 bridgehead atoms. The van der Waals surface area contributed by atoms with E-state index in [1.54, 1.807) is 7.11 Å². The molecular weight excluding hydrogens is 358 g/mol. The highest BCUT2D eigenvalue weighted by Gasteiger charge is 2.03. The Balaban J connectivity index is 1.48. The molecule has 0 atom stereocenters. The van der Waals surface area contributed by atoms with Crippen LogP contribution in [0.15, 0.2) is 72.8 Å². The van der Waals surface area contributed by atoms with Crippen molar-refractivity contribution in [1.29, 1.82) is 0 Å². The maximum Gasteiger partial charge on any atom is 0.122 e. The van der Waals surface area contributed by atoms with E-state index in [1.807, 2.05) is 54.6 Å². The molecule has 0 spiro atoms. The van der Waals surface area contributed by atoms with Crippen LogP contribution in [0.1, 0.15) is 16.7 Å². The zero-order valence-corrected chi connectivity index (χ0v) is 16.2. The summed E-state index contributed by atoms with van der Waals surface area (Å²) in [4.78, 5) is 0. The first-order chi connectivity index (χ1) is 13.3. The van der Waals surface area contributed by atoms with E-state index in [2.05, 4.69) is 23.5 Å². The van der Waals surface area contributed by atoms with Gasteiger partial charge in [0.15, 0.2) is 0 Å². The molecular formula is C23H24ClNO2. The average Bonchev–Trinajstić information content (AvgIpc) is 2.71. The minimum atomic E-state index is 0.463. The number of rotatable bonds is 9. The molecule has 4 heteroatoms. The maximum atomic E-state index is 6.18. The van der Waals surface area contributed by atoms with E-state index in [0.29, 0.717) is 6.61 Å². The van der Waals surface area contributed by atoms with Crippen LogP contribution in [0.4, 0.5) is 0 Å². The Labute approximate surface area is 165 Å². The van der Waals surface area contributed by atoms with Gasteiger partial charge in [-0.2, -0.15) is 0 Å². The summed E-state index contributed by atoms with van der Waals surface area (Å²) >= 11 is 6.18. The molecule has 0 fully saturated rings. The van der Waals surface area contributed by atoms with Crippen molar-refractivity contribution >= 4 is 11.6 Å². The van der Waals surface area contributed by atoms with Gasteiger partial charge in [-0.1, -0.05) is 60.1 Å². The van der Waals surface area contributed by atoms with Crippen molar-refractivity contribution in [2.75, 3.05) is 13.7 Å². The first-order valence-electron chi connectivity index (χ1n) is 9.04. The van der Waals surface area contributed by atoms with Crippen molar-refractivity contribution < 1.29 is 9.47 Å². The third kappa shape index (κ3) is 5.75. The van der Waals surface area contributed by atoms with Crippen molar-refractivity contribution in [3.8, 4) is 11.5 Å². The van der Waals surface area contributed by atoms with Crippen molar-refractivity contribution in [2.24, 2.45) is 0 Å². The first kappa shape index (κ1) is 19.3. The van der Waals surface area contributed by atoms with Gasteiger partial charge in [0.2, 0.25) is 0 Å². The molecule has 0 saturated heterocycles. The summed E-state index contributed by atoms with van der Waals surface area (Å²) in [6.45, 7) is 2.13. The Morgan fingerprint density at radius 1 is 0.889 bits per heavy atom. The predicted octanol–water partition coefficient (Wildman–Crippen LogP) is 5.26. The normalized spacial score (nSPS) is 10.6. The monoisotopic (exact) mass is 381 g/mol. The van der Waals surface area contributed by atoms with E-state index >= 15 is 0 Å². The number of hydrogen-bond acceptors (Lipinski definition) is 3. The van der Waals surface area contributed by atoms with E-state index in [0.717, 1.165) is 41.6 Å². The van der Waals surface area contributed by atoms with Crippen LogP contribution in [0, 0.1) is 0 Å². The molecule has 0 aliphatic heterocycles. The predicted molar refractivity (Wildman–Crippen MR) is 111 cm³/mol. The van der Waals surface area contributed by atoms with E-state index < -0.39 is 0 Å². The highest BCUT2D eigenvalue weighted by atomic mass is 35.5. The van der Waals surface area contributed by atoms with Gasteiger partial charge >= 0.3 is 0 Å². The minimum Gasteiger partial charge on any atom is -0.496 e. The second-order valence-electron chi connectivity index (χ2n) is 6.27. The van der Waals surface area contributed by atoms with Gasteiger partial charge in [-0.05, 0) is 48.4 Å². The molecule has 0 aromatic heterocycles. The number of nitrogens with one attached hydrogen (secondary N) is 1. The molecule has 0 aliphatic carbocycles. The average molecular weight is 382 g/mol. The third-order valence-electron chi connectivity index (χ3n) is 4.34. The molecule has 0 unspecified atom stereocenters. The van der Waals surface area contributed by atoms with Gasteiger partial charge in [-0.25, -0.2) is 0 Å². The van der Waals surface area contributed by atoms with Gasteiger partial charge in [0, 0.05) is 17.1 Å². The minimum absolute atomic E-state index is 0.463. The van der Waals surface area contributed by atoms with Crippen molar-refractivity contribution in [3.63, 3.8) is 0 Å². The van der Waals surface area contributed by atoms with Crippen molar-refractivity contribution in [2.45, 2.75) is 19.6 Å². The molecule has 0 aliphatic rings. The fourth-order valence-corrected chi connectivity index (χ4v) is 3.08. The molecule has 0 saturated carbocycles. The van der Waals surface area contributed by atoms with Gasteiger partial charge in [0.25, 0.3) is 0 Å². The Hall–Kier alpha value is -2.49. The van der Waals surface area contributed by atoms with Gasteiger partial charge in [0.05, 0.1) is 7.11 Å². The van der Waals surface area contributed by atoms with Gasteiger partial charge < -0.3 is 14.8 Å². The SMILES string of the molecule is COc1ccccc1CCNCc1cccc(OCc2ccccc2Cl)c1. The van der Waals surface area contributed by atoms with Crippen LogP contribution in [0.2, 0.25) is 5.02 Å². The van der Waals surface area contributed by atoms with Crippen LogP contribution >= 0.6 is 11.6 Å². The highest BCUT2D eigenvalue weighted by Crippen LogP contribution is 2.20. The second kappa shape index (κ2) is 10.0. The van der Waals surface area contributed by atoms with Gasteiger partial charge in [0.1, 0.15) is 18.1 Å². The molecule has 0 amide bonds. The summed E-state index contributed by atoms with van der Waals surface area (Å²) < 4.78 is 11.3. The summed E-state index contributed by atoms with van der Waals surface area (Å²) in [6.07, 6.45) is 0.923. The molecule has 0 heterocycles. The molecule has 1 N–H and O–H groups in total. The molecule has 3 aromatic rings. The van der Waals surface area contributed by atoms with Gasteiger partial charge in [-0.15, -0.1) is 0 Å². The molecule has 3 aromatic carbocycles. The Bertz CT molecular complexity index is 866. The summed E-state index contributed by atoms with van der Waals surface area (Å²) in [7, 11) is 1.71. The van der Waals surface area contributed by atoms with Crippen LogP contribution in [0.3, 0.4) is 0 Å². The summed E-state index contributed by atoms with van der Waals surface area (Å²) in [5.74, 6) is 1.79. The van der Waals surface area contributed by atoms with Crippen molar-refractivity contribution in [3.05, 3.63) is 94.5 Å².